The highest BCUT2D eigenvalue weighted by Gasteiger charge is 2.18. The number of morpholine rings is 1. The number of ether oxygens (including phenoxy) is 4. The summed E-state index contributed by atoms with van der Waals surface area (Å²) in [5, 5.41) is 0.532. The zero-order chi connectivity index (χ0) is 20.6. The zero-order valence-corrected chi connectivity index (χ0v) is 17.1. The van der Waals surface area contributed by atoms with Crippen LogP contribution in [0.15, 0.2) is 42.8 Å². The summed E-state index contributed by atoms with van der Waals surface area (Å²) < 4.78 is 21.1. The molecule has 2 aromatic rings. The van der Waals surface area contributed by atoms with Gasteiger partial charge in [-0.2, -0.15) is 0 Å². The van der Waals surface area contributed by atoms with E-state index in [1.54, 1.807) is 24.4 Å². The van der Waals surface area contributed by atoms with E-state index in [1.807, 2.05) is 12.1 Å². The van der Waals surface area contributed by atoms with Gasteiger partial charge in [0.15, 0.2) is 0 Å². The van der Waals surface area contributed by atoms with Crippen LogP contribution < -0.4 is 9.64 Å². The molecular formula is C21H23ClN2O5. The lowest BCUT2D eigenvalue weighted by Crippen LogP contribution is -2.36. The summed E-state index contributed by atoms with van der Waals surface area (Å²) in [7, 11) is 2.78. The molecule has 2 heterocycles. The van der Waals surface area contributed by atoms with Crippen LogP contribution in [-0.4, -0.2) is 51.5 Å². The largest absolute Gasteiger partial charge is 0.503 e. The number of esters is 1. The third-order valence-corrected chi connectivity index (χ3v) is 4.71. The van der Waals surface area contributed by atoms with Gasteiger partial charge in [0.2, 0.25) is 5.88 Å². The Morgan fingerprint density at radius 2 is 2.03 bits per heavy atom. The molecule has 3 rings (SSSR count). The number of pyridine rings is 1. The van der Waals surface area contributed by atoms with Gasteiger partial charge in [0.1, 0.15) is 12.2 Å². The minimum atomic E-state index is -0.511. The van der Waals surface area contributed by atoms with E-state index in [9.17, 15) is 4.79 Å². The summed E-state index contributed by atoms with van der Waals surface area (Å²) in [6.07, 6.45) is 3.12. The van der Waals surface area contributed by atoms with Crippen molar-refractivity contribution in [2.45, 2.75) is 6.61 Å². The molecular weight excluding hydrogens is 396 g/mol. The van der Waals surface area contributed by atoms with Gasteiger partial charge in [-0.05, 0) is 29.3 Å². The molecule has 1 aromatic carbocycles. The van der Waals surface area contributed by atoms with Crippen LogP contribution in [0.2, 0.25) is 5.02 Å². The van der Waals surface area contributed by atoms with E-state index in [-0.39, 0.29) is 12.2 Å². The van der Waals surface area contributed by atoms with Gasteiger partial charge in [-0.1, -0.05) is 17.7 Å². The van der Waals surface area contributed by atoms with Crippen LogP contribution in [0.25, 0.3) is 5.57 Å². The van der Waals surface area contributed by atoms with Crippen LogP contribution in [0.3, 0.4) is 0 Å². The average molecular weight is 419 g/mol. The molecule has 1 aliphatic rings. The molecule has 0 bridgehead atoms. The van der Waals surface area contributed by atoms with E-state index in [0.717, 1.165) is 18.8 Å². The van der Waals surface area contributed by atoms with Crippen molar-refractivity contribution in [1.82, 2.24) is 4.98 Å². The molecule has 1 aromatic heterocycles. The molecule has 0 unspecified atom stereocenters. The number of methoxy groups -OCH3 is 2. The Morgan fingerprint density at radius 3 is 2.69 bits per heavy atom. The number of carbonyl (C=O) groups is 1. The second kappa shape index (κ2) is 10.1. The molecule has 7 nitrogen and oxygen atoms in total. The Kier molecular flexibility index (Phi) is 7.32. The van der Waals surface area contributed by atoms with E-state index in [0.29, 0.717) is 35.2 Å². The van der Waals surface area contributed by atoms with E-state index in [4.69, 9.17) is 30.5 Å². The van der Waals surface area contributed by atoms with E-state index in [1.165, 1.54) is 20.5 Å². The van der Waals surface area contributed by atoms with Gasteiger partial charge < -0.3 is 23.8 Å². The van der Waals surface area contributed by atoms with Crippen molar-refractivity contribution >= 4 is 28.8 Å². The fourth-order valence-corrected chi connectivity index (χ4v) is 3.21. The maximum Gasteiger partial charge on any atom is 0.341 e. The molecule has 0 amide bonds. The van der Waals surface area contributed by atoms with Crippen molar-refractivity contribution in [1.29, 1.82) is 0 Å². The second-order valence-electron chi connectivity index (χ2n) is 6.30. The van der Waals surface area contributed by atoms with E-state index >= 15 is 0 Å². The topological polar surface area (TPSA) is 70.1 Å². The standard InChI is InChI=1S/C21H23ClN2O5/c1-26-14-19(21(25)27-2)18-5-3-16(22)11-15(18)13-29-20-6-4-17(12-23-20)24-7-9-28-10-8-24/h3-6,11-12,14H,7-10,13H2,1-2H3/b19-14+. The highest BCUT2D eigenvalue weighted by atomic mass is 35.5. The van der Waals surface area contributed by atoms with E-state index < -0.39 is 5.97 Å². The molecule has 1 saturated heterocycles. The molecule has 1 aliphatic heterocycles. The Balaban J connectivity index is 1.75. The third kappa shape index (κ3) is 5.40. The number of hydrogen-bond donors (Lipinski definition) is 0. The van der Waals surface area contributed by atoms with Gasteiger partial charge in [0.25, 0.3) is 0 Å². The SMILES string of the molecule is CO/C=C(/C(=O)OC)c1ccc(Cl)cc1COc1ccc(N2CCOCC2)cn1. The lowest BCUT2D eigenvalue weighted by molar-refractivity contribution is -0.133. The third-order valence-electron chi connectivity index (χ3n) is 4.47. The maximum atomic E-state index is 12.1. The number of anilines is 1. The number of hydrogen-bond acceptors (Lipinski definition) is 7. The lowest BCUT2D eigenvalue weighted by Gasteiger charge is -2.28. The number of rotatable bonds is 7. The van der Waals surface area contributed by atoms with Gasteiger partial charge in [-0.15, -0.1) is 0 Å². The Morgan fingerprint density at radius 1 is 1.24 bits per heavy atom. The van der Waals surface area contributed by atoms with Gasteiger partial charge in [-0.25, -0.2) is 9.78 Å². The fourth-order valence-electron chi connectivity index (χ4n) is 3.01. The molecule has 0 N–H and O–H groups in total. The minimum absolute atomic E-state index is 0.178. The molecule has 1 fully saturated rings. The molecule has 0 saturated carbocycles. The van der Waals surface area contributed by atoms with Crippen LogP contribution in [0.5, 0.6) is 5.88 Å². The molecule has 154 valence electrons. The summed E-state index contributed by atoms with van der Waals surface area (Å²) >= 11 is 6.15. The molecule has 0 aliphatic carbocycles. The summed E-state index contributed by atoms with van der Waals surface area (Å²) in [5.41, 5.74) is 2.64. The Bertz CT molecular complexity index is 864. The first-order valence-corrected chi connectivity index (χ1v) is 9.52. The van der Waals surface area contributed by atoms with Gasteiger partial charge in [0, 0.05) is 24.2 Å². The van der Waals surface area contributed by atoms with Crippen molar-refractivity contribution in [3.8, 4) is 5.88 Å². The van der Waals surface area contributed by atoms with Crippen molar-refractivity contribution in [2.75, 3.05) is 45.4 Å². The molecule has 0 atom stereocenters. The van der Waals surface area contributed by atoms with Crippen molar-refractivity contribution < 1.29 is 23.7 Å². The van der Waals surface area contributed by atoms with Crippen molar-refractivity contribution in [3.63, 3.8) is 0 Å². The number of halogens is 1. The monoisotopic (exact) mass is 418 g/mol. The quantitative estimate of drug-likeness (QED) is 0.388. The van der Waals surface area contributed by atoms with Gasteiger partial charge in [0.05, 0.1) is 45.6 Å². The number of carbonyl (C=O) groups excluding carboxylic acids is 1. The predicted octanol–water partition coefficient (Wildman–Crippen LogP) is 3.31. The molecule has 8 heteroatoms. The summed E-state index contributed by atoms with van der Waals surface area (Å²) in [6, 6.07) is 8.96. The average Bonchev–Trinajstić information content (AvgIpc) is 2.77. The highest BCUT2D eigenvalue weighted by molar-refractivity contribution is 6.30. The number of aromatic nitrogens is 1. The minimum Gasteiger partial charge on any atom is -0.503 e. The Hall–Kier alpha value is -2.77. The van der Waals surface area contributed by atoms with Crippen LogP contribution in [-0.2, 0) is 25.6 Å². The second-order valence-corrected chi connectivity index (χ2v) is 6.74. The first kappa shape index (κ1) is 21.0. The van der Waals surface area contributed by atoms with Crippen LogP contribution >= 0.6 is 11.6 Å². The van der Waals surface area contributed by atoms with Crippen LogP contribution in [0.1, 0.15) is 11.1 Å². The predicted molar refractivity (Wildman–Crippen MR) is 110 cm³/mol. The highest BCUT2D eigenvalue weighted by Crippen LogP contribution is 2.26. The van der Waals surface area contributed by atoms with Gasteiger partial charge >= 0.3 is 5.97 Å². The molecule has 29 heavy (non-hydrogen) atoms. The molecule has 0 spiro atoms. The summed E-state index contributed by atoms with van der Waals surface area (Å²) in [4.78, 5) is 18.7. The van der Waals surface area contributed by atoms with Crippen molar-refractivity contribution in [2.24, 2.45) is 0 Å². The zero-order valence-electron chi connectivity index (χ0n) is 16.4. The van der Waals surface area contributed by atoms with Crippen molar-refractivity contribution in [3.05, 3.63) is 58.9 Å². The summed E-state index contributed by atoms with van der Waals surface area (Å²) in [6.45, 7) is 3.30. The summed E-state index contributed by atoms with van der Waals surface area (Å²) in [5.74, 6) is -0.0355. The first-order chi connectivity index (χ1) is 14.1. The first-order valence-electron chi connectivity index (χ1n) is 9.14. The maximum absolute atomic E-state index is 12.1. The lowest BCUT2D eigenvalue weighted by atomic mass is 10.0. The van der Waals surface area contributed by atoms with Crippen LogP contribution in [0, 0.1) is 0 Å². The Labute approximate surface area is 174 Å². The number of benzene rings is 1. The normalized spacial score (nSPS) is 14.4. The number of nitrogens with zero attached hydrogens (tertiary/aromatic N) is 2. The smallest absolute Gasteiger partial charge is 0.341 e. The van der Waals surface area contributed by atoms with E-state index in [2.05, 4.69) is 9.88 Å². The fraction of sp³-hybridized carbons (Fsp3) is 0.333. The van der Waals surface area contributed by atoms with Gasteiger partial charge in [-0.3, -0.25) is 0 Å². The molecule has 0 radical (unpaired) electrons. The van der Waals surface area contributed by atoms with Crippen LogP contribution in [0.4, 0.5) is 5.69 Å².